The SMILES string of the molecule is COC(=O)C(=O)/C=C1/CC[C@@H](OC(C)=O)[C@@H](C)N1. The molecule has 0 spiro atoms. The van der Waals surface area contributed by atoms with Crippen LogP contribution in [0.15, 0.2) is 11.8 Å². The van der Waals surface area contributed by atoms with Crippen LogP contribution >= 0.6 is 0 Å². The van der Waals surface area contributed by atoms with Crippen molar-refractivity contribution in [1.29, 1.82) is 0 Å². The van der Waals surface area contributed by atoms with Crippen LogP contribution in [-0.4, -0.2) is 37.0 Å². The lowest BCUT2D eigenvalue weighted by Crippen LogP contribution is -2.43. The second-order valence-electron chi connectivity index (χ2n) is 4.14. The number of nitrogens with one attached hydrogen (secondary N) is 1. The van der Waals surface area contributed by atoms with E-state index in [1.165, 1.54) is 13.0 Å². The normalized spacial score (nSPS) is 25.2. The van der Waals surface area contributed by atoms with Crippen molar-refractivity contribution in [3.05, 3.63) is 11.8 Å². The number of ketones is 1. The Morgan fingerprint density at radius 2 is 2.06 bits per heavy atom. The van der Waals surface area contributed by atoms with Crippen molar-refractivity contribution in [3.8, 4) is 0 Å². The summed E-state index contributed by atoms with van der Waals surface area (Å²) in [5.74, 6) is -1.91. The molecule has 6 heteroatoms. The van der Waals surface area contributed by atoms with Crippen LogP contribution in [0.25, 0.3) is 0 Å². The summed E-state index contributed by atoms with van der Waals surface area (Å²) in [6, 6.07) is -0.0978. The van der Waals surface area contributed by atoms with E-state index in [4.69, 9.17) is 4.74 Å². The lowest BCUT2D eigenvalue weighted by molar-refractivity contribution is -0.149. The number of piperidine rings is 1. The molecule has 1 heterocycles. The third-order valence-corrected chi connectivity index (χ3v) is 2.68. The fourth-order valence-corrected chi connectivity index (χ4v) is 1.81. The maximum absolute atomic E-state index is 11.3. The lowest BCUT2D eigenvalue weighted by atomic mass is 9.99. The first-order valence-corrected chi connectivity index (χ1v) is 5.70. The summed E-state index contributed by atoms with van der Waals surface area (Å²) in [6.45, 7) is 3.21. The molecule has 0 unspecified atom stereocenters. The second kappa shape index (κ2) is 6.18. The third kappa shape index (κ3) is 3.87. The molecule has 1 aliphatic rings. The zero-order chi connectivity index (χ0) is 13.7. The molecule has 1 saturated heterocycles. The number of hydrogen-bond acceptors (Lipinski definition) is 6. The maximum atomic E-state index is 11.3. The minimum absolute atomic E-state index is 0.0978. The van der Waals surface area contributed by atoms with Gasteiger partial charge in [-0.25, -0.2) is 4.79 Å². The average Bonchev–Trinajstić information content (AvgIpc) is 2.31. The summed E-state index contributed by atoms with van der Waals surface area (Å²) in [5.41, 5.74) is 0.654. The first kappa shape index (κ1) is 14.2. The Morgan fingerprint density at radius 1 is 1.39 bits per heavy atom. The summed E-state index contributed by atoms with van der Waals surface area (Å²) < 4.78 is 9.44. The van der Waals surface area contributed by atoms with E-state index in [9.17, 15) is 14.4 Å². The molecule has 1 rings (SSSR count). The van der Waals surface area contributed by atoms with E-state index in [-0.39, 0.29) is 18.1 Å². The standard InChI is InChI=1S/C12H17NO5/c1-7-11(18-8(2)14)5-4-9(13-7)6-10(15)12(16)17-3/h6-7,11,13H,4-5H2,1-3H3/b9-6-/t7-,11-/m1/s1. The van der Waals surface area contributed by atoms with Crippen LogP contribution in [0.4, 0.5) is 0 Å². The van der Waals surface area contributed by atoms with Crippen molar-refractivity contribution in [2.45, 2.75) is 38.8 Å². The predicted octanol–water partition coefficient (Wildman–Crippen LogP) is 0.316. The van der Waals surface area contributed by atoms with Gasteiger partial charge in [-0.2, -0.15) is 0 Å². The largest absolute Gasteiger partial charge is 0.463 e. The van der Waals surface area contributed by atoms with Crippen molar-refractivity contribution < 1.29 is 23.9 Å². The third-order valence-electron chi connectivity index (χ3n) is 2.68. The average molecular weight is 255 g/mol. The molecular weight excluding hydrogens is 238 g/mol. The summed E-state index contributed by atoms with van der Waals surface area (Å²) in [7, 11) is 1.16. The molecule has 2 atom stereocenters. The van der Waals surface area contributed by atoms with Crippen LogP contribution in [0.1, 0.15) is 26.7 Å². The van der Waals surface area contributed by atoms with Gasteiger partial charge in [0.15, 0.2) is 0 Å². The van der Waals surface area contributed by atoms with E-state index in [0.717, 1.165) is 7.11 Å². The number of carbonyl (C=O) groups excluding carboxylic acids is 3. The van der Waals surface area contributed by atoms with Gasteiger partial charge in [-0.05, 0) is 19.8 Å². The molecule has 0 radical (unpaired) electrons. The van der Waals surface area contributed by atoms with Crippen LogP contribution in [0.3, 0.4) is 0 Å². The van der Waals surface area contributed by atoms with Gasteiger partial charge < -0.3 is 14.8 Å². The number of allylic oxidation sites excluding steroid dienone is 1. The quantitative estimate of drug-likeness (QED) is 0.444. The molecule has 100 valence electrons. The molecule has 0 saturated carbocycles. The van der Waals surface area contributed by atoms with Crippen LogP contribution in [0.5, 0.6) is 0 Å². The highest BCUT2D eigenvalue weighted by Crippen LogP contribution is 2.19. The molecule has 1 fully saturated rings. The van der Waals surface area contributed by atoms with Crippen molar-refractivity contribution in [2.24, 2.45) is 0 Å². The fraction of sp³-hybridized carbons (Fsp3) is 0.583. The second-order valence-corrected chi connectivity index (χ2v) is 4.14. The Hall–Kier alpha value is -1.85. The summed E-state index contributed by atoms with van der Waals surface area (Å²) in [5, 5.41) is 3.04. The molecule has 1 aliphatic heterocycles. The van der Waals surface area contributed by atoms with Crippen molar-refractivity contribution in [1.82, 2.24) is 5.32 Å². The van der Waals surface area contributed by atoms with Gasteiger partial charge in [-0.3, -0.25) is 9.59 Å². The zero-order valence-corrected chi connectivity index (χ0v) is 10.7. The lowest BCUT2D eigenvalue weighted by Gasteiger charge is -2.31. The van der Waals surface area contributed by atoms with Gasteiger partial charge in [0.1, 0.15) is 6.10 Å². The highest BCUT2D eigenvalue weighted by molar-refractivity contribution is 6.38. The number of hydrogen-bond donors (Lipinski definition) is 1. The number of methoxy groups -OCH3 is 1. The summed E-state index contributed by atoms with van der Waals surface area (Å²) in [4.78, 5) is 33.2. The molecule has 6 nitrogen and oxygen atoms in total. The molecule has 0 aromatic heterocycles. The molecule has 0 aliphatic carbocycles. The first-order valence-electron chi connectivity index (χ1n) is 5.70. The Balaban J connectivity index is 2.60. The number of ether oxygens (including phenoxy) is 2. The minimum Gasteiger partial charge on any atom is -0.463 e. The molecule has 0 bridgehead atoms. The van der Waals surface area contributed by atoms with Gasteiger partial charge in [0.2, 0.25) is 0 Å². The number of carbonyl (C=O) groups is 3. The van der Waals surface area contributed by atoms with Crippen molar-refractivity contribution >= 4 is 17.7 Å². The molecule has 0 aromatic rings. The van der Waals surface area contributed by atoms with Gasteiger partial charge in [0, 0.05) is 18.7 Å². The number of esters is 2. The highest BCUT2D eigenvalue weighted by Gasteiger charge is 2.26. The van der Waals surface area contributed by atoms with E-state index in [2.05, 4.69) is 10.1 Å². The Morgan fingerprint density at radius 3 is 2.56 bits per heavy atom. The van der Waals surface area contributed by atoms with Gasteiger partial charge in [-0.1, -0.05) is 0 Å². The molecule has 0 amide bonds. The highest BCUT2D eigenvalue weighted by atomic mass is 16.5. The van der Waals surface area contributed by atoms with Crippen molar-refractivity contribution in [3.63, 3.8) is 0 Å². The minimum atomic E-state index is -0.890. The molecule has 18 heavy (non-hydrogen) atoms. The Labute approximate surface area is 105 Å². The van der Waals surface area contributed by atoms with E-state index in [0.29, 0.717) is 18.5 Å². The van der Waals surface area contributed by atoms with Gasteiger partial charge >= 0.3 is 11.9 Å². The van der Waals surface area contributed by atoms with Crippen LogP contribution in [0, 0.1) is 0 Å². The van der Waals surface area contributed by atoms with Crippen LogP contribution in [0.2, 0.25) is 0 Å². The Kier molecular flexibility index (Phi) is 4.88. The molecule has 1 N–H and O–H groups in total. The Bertz CT molecular complexity index is 388. The van der Waals surface area contributed by atoms with Crippen LogP contribution < -0.4 is 5.32 Å². The maximum Gasteiger partial charge on any atom is 0.378 e. The number of rotatable bonds is 3. The van der Waals surface area contributed by atoms with Gasteiger partial charge in [-0.15, -0.1) is 0 Å². The fourth-order valence-electron chi connectivity index (χ4n) is 1.81. The van der Waals surface area contributed by atoms with E-state index in [1.54, 1.807) is 0 Å². The van der Waals surface area contributed by atoms with Gasteiger partial charge in [0.25, 0.3) is 5.78 Å². The van der Waals surface area contributed by atoms with E-state index < -0.39 is 11.8 Å². The van der Waals surface area contributed by atoms with Crippen molar-refractivity contribution in [2.75, 3.05) is 7.11 Å². The van der Waals surface area contributed by atoms with Gasteiger partial charge in [0.05, 0.1) is 13.2 Å². The van der Waals surface area contributed by atoms with Crippen LogP contribution in [-0.2, 0) is 23.9 Å². The topological polar surface area (TPSA) is 81.7 Å². The summed E-state index contributed by atoms with van der Waals surface area (Å²) >= 11 is 0. The predicted molar refractivity (Wildman–Crippen MR) is 62.5 cm³/mol. The first-order chi connectivity index (χ1) is 8.43. The van der Waals surface area contributed by atoms with E-state index >= 15 is 0 Å². The monoisotopic (exact) mass is 255 g/mol. The molecule has 0 aromatic carbocycles. The summed E-state index contributed by atoms with van der Waals surface area (Å²) in [6.07, 6.45) is 2.18. The molecular formula is C12H17NO5. The zero-order valence-electron chi connectivity index (χ0n) is 10.7. The smallest absolute Gasteiger partial charge is 0.378 e. The van der Waals surface area contributed by atoms with E-state index in [1.807, 2.05) is 6.92 Å².